The smallest absolute Gasteiger partial charge is 0.118 e. The number of hydrogen-bond donors (Lipinski definition) is 0. The van der Waals surface area contributed by atoms with Gasteiger partial charge in [-0.3, -0.25) is 0 Å². The summed E-state index contributed by atoms with van der Waals surface area (Å²) in [5.74, 6) is 1.58. The maximum absolute atomic E-state index is 9.15. The van der Waals surface area contributed by atoms with E-state index in [1.165, 1.54) is 11.1 Å². The summed E-state index contributed by atoms with van der Waals surface area (Å²) in [5, 5.41) is 13.7. The summed E-state index contributed by atoms with van der Waals surface area (Å²) < 4.78 is 7.24. The Hall–Kier alpha value is -2.80. The van der Waals surface area contributed by atoms with Gasteiger partial charge in [0, 0.05) is 17.7 Å². The van der Waals surface area contributed by atoms with Crippen molar-refractivity contribution in [2.75, 3.05) is 7.11 Å². The molecule has 1 aromatic carbocycles. The normalized spacial score (nSPS) is 20.3. The van der Waals surface area contributed by atoms with Crippen LogP contribution in [-0.4, -0.2) is 16.7 Å². The monoisotopic (exact) mass is 331 g/mol. The first-order chi connectivity index (χ1) is 12.3. The van der Waals surface area contributed by atoms with E-state index < -0.39 is 0 Å². The molecule has 0 amide bonds. The van der Waals surface area contributed by atoms with Crippen molar-refractivity contribution in [1.29, 1.82) is 5.26 Å². The molecule has 0 unspecified atom stereocenters. The van der Waals surface area contributed by atoms with E-state index >= 15 is 0 Å². The van der Waals surface area contributed by atoms with Gasteiger partial charge in [-0.05, 0) is 60.9 Å². The van der Waals surface area contributed by atoms with Gasteiger partial charge >= 0.3 is 0 Å². The van der Waals surface area contributed by atoms with Gasteiger partial charge in [-0.15, -0.1) is 0 Å². The van der Waals surface area contributed by atoms with Gasteiger partial charge in [-0.1, -0.05) is 18.2 Å². The average Bonchev–Trinajstić information content (AvgIpc) is 3.12. The van der Waals surface area contributed by atoms with Crippen LogP contribution in [0, 0.1) is 17.2 Å². The Morgan fingerprint density at radius 3 is 2.56 bits per heavy atom. The number of fused-ring (bicyclic) bond motifs is 1. The van der Waals surface area contributed by atoms with E-state index in [0.717, 1.165) is 42.6 Å². The van der Waals surface area contributed by atoms with Crippen LogP contribution in [0.5, 0.6) is 5.75 Å². The van der Waals surface area contributed by atoms with Crippen LogP contribution in [0.25, 0.3) is 16.6 Å². The van der Waals surface area contributed by atoms with Gasteiger partial charge in [0.15, 0.2) is 0 Å². The Labute approximate surface area is 147 Å². The Morgan fingerprint density at radius 1 is 1.12 bits per heavy atom. The number of aromatic nitrogens is 2. The van der Waals surface area contributed by atoms with E-state index in [0.29, 0.717) is 5.92 Å². The highest BCUT2D eigenvalue weighted by molar-refractivity contribution is 5.83. The van der Waals surface area contributed by atoms with Crippen molar-refractivity contribution in [2.24, 2.45) is 5.92 Å². The third-order valence-corrected chi connectivity index (χ3v) is 5.32. The molecule has 0 bridgehead atoms. The van der Waals surface area contributed by atoms with Gasteiger partial charge in [-0.25, -0.2) is 4.52 Å². The molecule has 4 heteroatoms. The third kappa shape index (κ3) is 2.87. The molecular formula is C21H21N3O. The van der Waals surface area contributed by atoms with Crippen molar-refractivity contribution in [2.45, 2.75) is 31.6 Å². The minimum absolute atomic E-state index is 0.224. The van der Waals surface area contributed by atoms with E-state index in [1.807, 2.05) is 29.0 Å². The van der Waals surface area contributed by atoms with Crippen molar-refractivity contribution >= 4 is 5.52 Å². The fraction of sp³-hybridized carbons (Fsp3) is 0.333. The maximum atomic E-state index is 9.15. The second-order valence-corrected chi connectivity index (χ2v) is 6.72. The van der Waals surface area contributed by atoms with Crippen LogP contribution in [0.2, 0.25) is 0 Å². The lowest BCUT2D eigenvalue weighted by molar-refractivity contribution is 0.383. The van der Waals surface area contributed by atoms with Crippen molar-refractivity contribution in [3.63, 3.8) is 0 Å². The van der Waals surface area contributed by atoms with Crippen molar-refractivity contribution in [1.82, 2.24) is 9.61 Å². The first-order valence-electron chi connectivity index (χ1n) is 8.80. The number of pyridine rings is 1. The number of ether oxygens (including phenoxy) is 1. The van der Waals surface area contributed by atoms with Crippen LogP contribution in [-0.2, 0) is 0 Å². The third-order valence-electron chi connectivity index (χ3n) is 5.32. The van der Waals surface area contributed by atoms with Crippen LogP contribution in [0.4, 0.5) is 0 Å². The molecule has 1 aliphatic carbocycles. The van der Waals surface area contributed by atoms with Crippen LogP contribution >= 0.6 is 0 Å². The number of methoxy groups -OCH3 is 1. The largest absolute Gasteiger partial charge is 0.497 e. The summed E-state index contributed by atoms with van der Waals surface area (Å²) in [6.45, 7) is 0. The summed E-state index contributed by atoms with van der Waals surface area (Å²) in [7, 11) is 1.68. The summed E-state index contributed by atoms with van der Waals surface area (Å²) in [4.78, 5) is 0. The Bertz CT molecular complexity index is 912. The zero-order valence-corrected chi connectivity index (χ0v) is 14.4. The van der Waals surface area contributed by atoms with Gasteiger partial charge in [0.25, 0.3) is 0 Å². The summed E-state index contributed by atoms with van der Waals surface area (Å²) in [5.41, 5.74) is 4.84. The molecule has 4 nitrogen and oxygen atoms in total. The molecule has 1 aliphatic rings. The molecule has 1 saturated carbocycles. The fourth-order valence-corrected chi connectivity index (χ4v) is 3.91. The molecule has 0 aliphatic heterocycles. The lowest BCUT2D eigenvalue weighted by Crippen LogP contribution is -2.12. The predicted octanol–water partition coefficient (Wildman–Crippen LogP) is 4.81. The van der Waals surface area contributed by atoms with Crippen molar-refractivity contribution in [3.8, 4) is 22.9 Å². The summed E-state index contributed by atoms with van der Waals surface area (Å²) >= 11 is 0. The fourth-order valence-electron chi connectivity index (χ4n) is 3.91. The van der Waals surface area contributed by atoms with Gasteiger partial charge in [0.05, 0.1) is 24.9 Å². The highest BCUT2D eigenvalue weighted by atomic mass is 16.5. The van der Waals surface area contributed by atoms with Crippen LogP contribution in [0.3, 0.4) is 0 Å². The second kappa shape index (κ2) is 6.60. The summed E-state index contributed by atoms with van der Waals surface area (Å²) in [6.07, 6.45) is 8.09. The number of hydrogen-bond acceptors (Lipinski definition) is 3. The van der Waals surface area contributed by atoms with E-state index in [-0.39, 0.29) is 5.92 Å². The van der Waals surface area contributed by atoms with Crippen LogP contribution in [0.15, 0.2) is 48.8 Å². The predicted molar refractivity (Wildman–Crippen MR) is 97.5 cm³/mol. The highest BCUT2D eigenvalue weighted by Gasteiger charge is 2.25. The molecule has 4 rings (SSSR count). The van der Waals surface area contributed by atoms with E-state index in [1.54, 1.807) is 7.11 Å². The minimum atomic E-state index is 0.224. The SMILES string of the molecule is COc1ccc(-c2cnn3cccc(C4CCC(C#N)CC4)c23)cc1. The molecule has 0 spiro atoms. The van der Waals surface area contributed by atoms with Gasteiger partial charge in [0.2, 0.25) is 0 Å². The minimum Gasteiger partial charge on any atom is -0.497 e. The Balaban J connectivity index is 1.75. The lowest BCUT2D eigenvalue weighted by atomic mass is 9.78. The number of nitrogens with zero attached hydrogens (tertiary/aromatic N) is 3. The quantitative estimate of drug-likeness (QED) is 0.692. The van der Waals surface area contributed by atoms with Gasteiger partial charge < -0.3 is 4.74 Å². The second-order valence-electron chi connectivity index (χ2n) is 6.72. The zero-order chi connectivity index (χ0) is 17.2. The highest BCUT2D eigenvalue weighted by Crippen LogP contribution is 2.39. The zero-order valence-electron chi connectivity index (χ0n) is 14.4. The molecular weight excluding hydrogens is 310 g/mol. The molecule has 2 heterocycles. The van der Waals surface area contributed by atoms with E-state index in [2.05, 4.69) is 35.4 Å². The molecule has 1 fully saturated rings. The molecule has 3 aromatic rings. The molecule has 2 aromatic heterocycles. The Morgan fingerprint density at radius 2 is 1.88 bits per heavy atom. The topological polar surface area (TPSA) is 50.3 Å². The number of benzene rings is 1. The molecule has 0 N–H and O–H groups in total. The molecule has 0 saturated heterocycles. The molecule has 0 radical (unpaired) electrons. The summed E-state index contributed by atoms with van der Waals surface area (Å²) in [6, 6.07) is 14.9. The van der Waals surface area contributed by atoms with Crippen molar-refractivity contribution in [3.05, 3.63) is 54.4 Å². The number of nitriles is 1. The van der Waals surface area contributed by atoms with Crippen LogP contribution < -0.4 is 4.74 Å². The first kappa shape index (κ1) is 15.7. The standard InChI is InChI=1S/C21H21N3O/c1-25-18-10-8-17(9-11-18)20-14-23-24-12-2-3-19(21(20)24)16-6-4-15(13-22)5-7-16/h2-3,8-12,14-16H,4-7H2,1H3. The Kier molecular flexibility index (Phi) is 4.15. The number of rotatable bonds is 3. The van der Waals surface area contributed by atoms with Crippen LogP contribution in [0.1, 0.15) is 37.2 Å². The first-order valence-corrected chi connectivity index (χ1v) is 8.80. The maximum Gasteiger partial charge on any atom is 0.118 e. The average molecular weight is 331 g/mol. The van der Waals surface area contributed by atoms with E-state index in [4.69, 9.17) is 10.00 Å². The van der Waals surface area contributed by atoms with Crippen molar-refractivity contribution < 1.29 is 4.74 Å². The van der Waals surface area contributed by atoms with E-state index in [9.17, 15) is 0 Å². The van der Waals surface area contributed by atoms with Gasteiger partial charge in [-0.2, -0.15) is 10.4 Å². The molecule has 126 valence electrons. The molecule has 0 atom stereocenters. The lowest BCUT2D eigenvalue weighted by Gasteiger charge is -2.25. The molecule has 25 heavy (non-hydrogen) atoms. The van der Waals surface area contributed by atoms with Gasteiger partial charge in [0.1, 0.15) is 5.75 Å².